The topological polar surface area (TPSA) is 52.6 Å². The molecular weight excluding hydrogens is 268 g/mol. The van der Waals surface area contributed by atoms with Crippen molar-refractivity contribution in [2.45, 2.75) is 19.6 Å². The summed E-state index contributed by atoms with van der Waals surface area (Å²) in [5.74, 6) is 2.30. The predicted octanol–water partition coefficient (Wildman–Crippen LogP) is 2.67. The van der Waals surface area contributed by atoms with Gasteiger partial charge >= 0.3 is 0 Å². The van der Waals surface area contributed by atoms with Crippen molar-refractivity contribution in [3.63, 3.8) is 0 Å². The number of hydrogen-bond donors (Lipinski definition) is 1. The fourth-order valence-electron chi connectivity index (χ4n) is 2.08. The lowest BCUT2D eigenvalue weighted by Crippen LogP contribution is -2.13. The van der Waals surface area contributed by atoms with E-state index < -0.39 is 0 Å². The van der Waals surface area contributed by atoms with Crippen LogP contribution in [0, 0.1) is 0 Å². The fourth-order valence-corrected chi connectivity index (χ4v) is 2.08. The second kappa shape index (κ2) is 6.01. The van der Waals surface area contributed by atoms with E-state index in [0.717, 1.165) is 28.5 Å². The van der Waals surface area contributed by atoms with Crippen LogP contribution in [-0.4, -0.2) is 18.8 Å². The normalized spacial score (nSPS) is 14.0. The highest BCUT2D eigenvalue weighted by atomic mass is 16.7. The van der Waals surface area contributed by atoms with Gasteiger partial charge in [-0.2, -0.15) is 0 Å². The highest BCUT2D eigenvalue weighted by Gasteiger charge is 2.13. The van der Waals surface area contributed by atoms with Crippen LogP contribution in [0.25, 0.3) is 0 Å². The van der Waals surface area contributed by atoms with Crippen molar-refractivity contribution in [1.29, 1.82) is 0 Å². The summed E-state index contributed by atoms with van der Waals surface area (Å²) >= 11 is 0. The van der Waals surface area contributed by atoms with Crippen molar-refractivity contribution in [3.05, 3.63) is 47.8 Å². The number of pyridine rings is 1. The Labute approximate surface area is 123 Å². The first-order valence-corrected chi connectivity index (χ1v) is 6.91. The van der Waals surface area contributed by atoms with Gasteiger partial charge in [0.2, 0.25) is 6.79 Å². The second-order valence-electron chi connectivity index (χ2n) is 4.91. The first-order valence-electron chi connectivity index (χ1n) is 6.91. The van der Waals surface area contributed by atoms with Crippen molar-refractivity contribution < 1.29 is 14.2 Å². The van der Waals surface area contributed by atoms with Crippen molar-refractivity contribution in [2.24, 2.45) is 0 Å². The van der Waals surface area contributed by atoms with Gasteiger partial charge in [0, 0.05) is 6.04 Å². The van der Waals surface area contributed by atoms with Gasteiger partial charge in [-0.1, -0.05) is 6.07 Å². The van der Waals surface area contributed by atoms with Crippen molar-refractivity contribution >= 4 is 0 Å². The van der Waals surface area contributed by atoms with Gasteiger partial charge in [-0.05, 0) is 43.8 Å². The zero-order valence-corrected chi connectivity index (χ0v) is 12.1. The Hall–Kier alpha value is -2.27. The number of fused-ring (bicyclic) bond motifs is 1. The monoisotopic (exact) mass is 286 g/mol. The lowest BCUT2D eigenvalue weighted by Gasteiger charge is -2.11. The molecule has 21 heavy (non-hydrogen) atoms. The molecule has 0 aliphatic carbocycles. The number of nitrogens with one attached hydrogen (secondary N) is 1. The van der Waals surface area contributed by atoms with Crippen molar-refractivity contribution in [3.8, 4) is 17.2 Å². The molecule has 0 spiro atoms. The van der Waals surface area contributed by atoms with Gasteiger partial charge in [0.1, 0.15) is 12.4 Å². The molecule has 3 rings (SSSR count). The molecule has 0 saturated heterocycles. The molecule has 5 nitrogen and oxygen atoms in total. The molecule has 1 aromatic carbocycles. The number of hydrogen-bond acceptors (Lipinski definition) is 5. The van der Waals surface area contributed by atoms with Crippen molar-refractivity contribution in [2.75, 3.05) is 13.8 Å². The maximum Gasteiger partial charge on any atom is 0.231 e. The molecule has 1 aliphatic rings. The molecule has 0 radical (unpaired) electrons. The van der Waals surface area contributed by atoms with Crippen LogP contribution in [0.2, 0.25) is 0 Å². The van der Waals surface area contributed by atoms with Crippen LogP contribution in [-0.2, 0) is 6.61 Å². The van der Waals surface area contributed by atoms with Gasteiger partial charge in [-0.25, -0.2) is 0 Å². The van der Waals surface area contributed by atoms with Crippen LogP contribution in [0.3, 0.4) is 0 Å². The number of benzene rings is 1. The summed E-state index contributed by atoms with van der Waals surface area (Å²) in [6.45, 7) is 2.82. The number of ether oxygens (including phenoxy) is 3. The average Bonchev–Trinajstić information content (AvgIpc) is 3.00. The highest BCUT2D eigenvalue weighted by Crippen LogP contribution is 2.32. The molecule has 110 valence electrons. The molecule has 2 heterocycles. The molecule has 0 bridgehead atoms. The van der Waals surface area contributed by atoms with Gasteiger partial charge in [-0.15, -0.1) is 0 Å². The lowest BCUT2D eigenvalue weighted by atomic mass is 10.2. The van der Waals surface area contributed by atoms with Gasteiger partial charge in [-0.3, -0.25) is 4.98 Å². The van der Waals surface area contributed by atoms with Crippen LogP contribution < -0.4 is 19.5 Å². The molecule has 1 unspecified atom stereocenters. The molecule has 1 atom stereocenters. The Bertz CT molecular complexity index is 613. The Morgan fingerprint density at radius 1 is 1.24 bits per heavy atom. The Morgan fingerprint density at radius 2 is 2.10 bits per heavy atom. The summed E-state index contributed by atoms with van der Waals surface area (Å²) in [7, 11) is 1.91. The number of aromatic nitrogens is 1. The van der Waals surface area contributed by atoms with Gasteiger partial charge in [0.05, 0.1) is 11.9 Å². The largest absolute Gasteiger partial charge is 0.487 e. The minimum atomic E-state index is 0.230. The van der Waals surface area contributed by atoms with E-state index in [1.165, 1.54) is 0 Å². The lowest BCUT2D eigenvalue weighted by molar-refractivity contribution is 0.174. The molecule has 0 amide bonds. The maximum atomic E-state index is 5.74. The average molecular weight is 286 g/mol. The Balaban J connectivity index is 1.62. The molecule has 1 aromatic heterocycles. The smallest absolute Gasteiger partial charge is 0.231 e. The molecule has 1 N–H and O–H groups in total. The van der Waals surface area contributed by atoms with Gasteiger partial charge in [0.25, 0.3) is 0 Å². The van der Waals surface area contributed by atoms with Crippen LogP contribution in [0.4, 0.5) is 0 Å². The summed E-state index contributed by atoms with van der Waals surface area (Å²) in [6.07, 6.45) is 1.75. The molecule has 2 aromatic rings. The summed E-state index contributed by atoms with van der Waals surface area (Å²) in [4.78, 5) is 4.39. The minimum absolute atomic E-state index is 0.230. The van der Waals surface area contributed by atoms with E-state index in [1.54, 1.807) is 6.20 Å². The van der Waals surface area contributed by atoms with E-state index in [2.05, 4.69) is 17.2 Å². The van der Waals surface area contributed by atoms with E-state index in [-0.39, 0.29) is 12.8 Å². The molecule has 0 saturated carbocycles. The number of rotatable bonds is 5. The molecule has 1 aliphatic heterocycles. The predicted molar refractivity (Wildman–Crippen MR) is 78.6 cm³/mol. The van der Waals surface area contributed by atoms with Gasteiger partial charge < -0.3 is 19.5 Å². The van der Waals surface area contributed by atoms with E-state index in [1.807, 2.05) is 37.4 Å². The minimum Gasteiger partial charge on any atom is -0.487 e. The molecule has 0 fully saturated rings. The third-order valence-corrected chi connectivity index (χ3v) is 3.48. The third kappa shape index (κ3) is 3.08. The van der Waals surface area contributed by atoms with E-state index >= 15 is 0 Å². The molecule has 5 heteroatoms. The maximum absolute atomic E-state index is 5.74. The first-order chi connectivity index (χ1) is 10.3. The van der Waals surface area contributed by atoms with Crippen LogP contribution in [0.15, 0.2) is 36.5 Å². The zero-order valence-electron chi connectivity index (χ0n) is 12.1. The second-order valence-corrected chi connectivity index (χ2v) is 4.91. The standard InChI is InChI=1S/C16H18N2O3/c1-11(17-2)14-5-4-13(8-18-14)19-9-12-3-6-15-16(7-12)21-10-20-15/h3-8,11,17H,9-10H2,1-2H3. The third-order valence-electron chi connectivity index (χ3n) is 3.48. The van der Waals surface area contributed by atoms with Gasteiger partial charge in [0.15, 0.2) is 11.5 Å². The van der Waals surface area contributed by atoms with Crippen molar-refractivity contribution in [1.82, 2.24) is 10.3 Å². The first kappa shape index (κ1) is 13.7. The Morgan fingerprint density at radius 3 is 2.86 bits per heavy atom. The zero-order chi connectivity index (χ0) is 14.7. The van der Waals surface area contributed by atoms with E-state index in [4.69, 9.17) is 14.2 Å². The van der Waals surface area contributed by atoms with E-state index in [0.29, 0.717) is 6.61 Å². The number of nitrogens with zero attached hydrogens (tertiary/aromatic N) is 1. The fraction of sp³-hybridized carbons (Fsp3) is 0.312. The summed E-state index contributed by atoms with van der Waals surface area (Å²) in [5.41, 5.74) is 2.03. The highest BCUT2D eigenvalue weighted by molar-refractivity contribution is 5.44. The van der Waals surface area contributed by atoms with Crippen LogP contribution in [0.1, 0.15) is 24.2 Å². The summed E-state index contributed by atoms with van der Waals surface area (Å²) in [5, 5.41) is 3.15. The molecular formula is C16H18N2O3. The SMILES string of the molecule is CNC(C)c1ccc(OCc2ccc3c(c2)OCO3)cn1. The van der Waals surface area contributed by atoms with Crippen LogP contribution in [0.5, 0.6) is 17.2 Å². The van der Waals surface area contributed by atoms with E-state index in [9.17, 15) is 0 Å². The Kier molecular flexibility index (Phi) is 3.92. The van der Waals surface area contributed by atoms with Crippen LogP contribution >= 0.6 is 0 Å². The quantitative estimate of drug-likeness (QED) is 0.915. The summed E-state index contributed by atoms with van der Waals surface area (Å²) < 4.78 is 16.4. The summed E-state index contributed by atoms with van der Waals surface area (Å²) in [6, 6.07) is 9.94.